The van der Waals surface area contributed by atoms with Crippen LogP contribution in [0.5, 0.6) is 5.75 Å². The van der Waals surface area contributed by atoms with E-state index in [2.05, 4.69) is 17.5 Å². The van der Waals surface area contributed by atoms with Gasteiger partial charge in [0.2, 0.25) is 5.91 Å². The van der Waals surface area contributed by atoms with Crippen molar-refractivity contribution in [3.05, 3.63) is 35.4 Å². The van der Waals surface area contributed by atoms with Gasteiger partial charge in [-0.3, -0.25) is 4.79 Å². The summed E-state index contributed by atoms with van der Waals surface area (Å²) in [7, 11) is 0. The molecule has 1 atom stereocenters. The summed E-state index contributed by atoms with van der Waals surface area (Å²) in [4.78, 5) is 12.1. The highest BCUT2D eigenvalue weighted by molar-refractivity contribution is 5.93. The van der Waals surface area contributed by atoms with Gasteiger partial charge in [0.15, 0.2) is 0 Å². The molecule has 1 aromatic carbocycles. The lowest BCUT2D eigenvalue weighted by atomic mass is 9.93. The van der Waals surface area contributed by atoms with E-state index in [0.29, 0.717) is 0 Å². The summed E-state index contributed by atoms with van der Waals surface area (Å²) in [5.74, 6) is 0.419. The highest BCUT2D eigenvalue weighted by Gasteiger charge is 2.19. The molecule has 0 bridgehead atoms. The van der Waals surface area contributed by atoms with Crippen molar-refractivity contribution in [1.29, 1.82) is 0 Å². The average molecular weight is 245 g/mol. The molecule has 0 aliphatic heterocycles. The second-order valence-electron chi connectivity index (χ2n) is 4.92. The standard InChI is InChI=1S/C15H19NO2/c1-10-9-14(17)11(2)8-13(10)16-15(18)12-6-4-3-5-7-12/h3-4,8-9,12,17H,5-7H2,1-2H3,(H,16,18). The number of nitrogens with one attached hydrogen (secondary N) is 1. The number of carbonyl (C=O) groups is 1. The van der Waals surface area contributed by atoms with Crippen molar-refractivity contribution in [1.82, 2.24) is 0 Å². The van der Waals surface area contributed by atoms with Crippen LogP contribution in [-0.2, 0) is 4.79 Å². The fourth-order valence-electron chi connectivity index (χ4n) is 2.20. The molecule has 1 aromatic rings. The summed E-state index contributed by atoms with van der Waals surface area (Å²) < 4.78 is 0. The molecular formula is C15H19NO2. The van der Waals surface area contributed by atoms with Gasteiger partial charge in [-0.15, -0.1) is 0 Å². The van der Waals surface area contributed by atoms with Crippen LogP contribution in [0, 0.1) is 19.8 Å². The first kappa shape index (κ1) is 12.7. The van der Waals surface area contributed by atoms with E-state index in [4.69, 9.17) is 0 Å². The zero-order valence-corrected chi connectivity index (χ0v) is 10.9. The van der Waals surface area contributed by atoms with E-state index in [9.17, 15) is 9.90 Å². The number of allylic oxidation sites excluding steroid dienone is 2. The molecule has 0 spiro atoms. The number of benzene rings is 1. The Labute approximate surface area is 108 Å². The molecule has 0 saturated carbocycles. The van der Waals surface area contributed by atoms with E-state index in [-0.39, 0.29) is 17.6 Å². The molecule has 3 heteroatoms. The lowest BCUT2D eigenvalue weighted by Crippen LogP contribution is -2.23. The van der Waals surface area contributed by atoms with Gasteiger partial charge >= 0.3 is 0 Å². The van der Waals surface area contributed by atoms with E-state index >= 15 is 0 Å². The highest BCUT2D eigenvalue weighted by Crippen LogP contribution is 2.26. The second kappa shape index (κ2) is 5.25. The van der Waals surface area contributed by atoms with Crippen LogP contribution < -0.4 is 5.32 Å². The van der Waals surface area contributed by atoms with E-state index in [0.717, 1.165) is 36.1 Å². The minimum Gasteiger partial charge on any atom is -0.508 e. The molecule has 2 N–H and O–H groups in total. The zero-order valence-electron chi connectivity index (χ0n) is 10.9. The Bertz CT molecular complexity index is 492. The van der Waals surface area contributed by atoms with Crippen LogP contribution in [-0.4, -0.2) is 11.0 Å². The van der Waals surface area contributed by atoms with Gasteiger partial charge < -0.3 is 10.4 Å². The maximum atomic E-state index is 12.1. The van der Waals surface area contributed by atoms with Crippen LogP contribution >= 0.6 is 0 Å². The van der Waals surface area contributed by atoms with Gasteiger partial charge in [-0.05, 0) is 56.4 Å². The highest BCUT2D eigenvalue weighted by atomic mass is 16.3. The quantitative estimate of drug-likeness (QED) is 0.620. The SMILES string of the molecule is Cc1cc(NC(=O)C2CC=CCC2)c(C)cc1O. The fourth-order valence-corrected chi connectivity index (χ4v) is 2.20. The van der Waals surface area contributed by atoms with Crippen molar-refractivity contribution in [2.75, 3.05) is 5.32 Å². The average Bonchev–Trinajstić information content (AvgIpc) is 2.37. The molecule has 1 aliphatic carbocycles. The number of anilines is 1. The summed E-state index contributed by atoms with van der Waals surface area (Å²) in [5, 5.41) is 12.5. The lowest BCUT2D eigenvalue weighted by molar-refractivity contribution is -0.120. The Morgan fingerprint density at radius 3 is 2.72 bits per heavy atom. The Morgan fingerprint density at radius 1 is 1.28 bits per heavy atom. The molecule has 0 radical (unpaired) electrons. The van der Waals surface area contributed by atoms with Crippen molar-refractivity contribution < 1.29 is 9.90 Å². The van der Waals surface area contributed by atoms with Crippen molar-refractivity contribution in [3.8, 4) is 5.75 Å². The van der Waals surface area contributed by atoms with Crippen molar-refractivity contribution in [2.45, 2.75) is 33.1 Å². The van der Waals surface area contributed by atoms with E-state index in [1.807, 2.05) is 19.9 Å². The summed E-state index contributed by atoms with van der Waals surface area (Å²) in [6.07, 6.45) is 6.91. The largest absolute Gasteiger partial charge is 0.508 e. The number of aromatic hydroxyl groups is 1. The molecule has 0 heterocycles. The number of phenols is 1. The smallest absolute Gasteiger partial charge is 0.227 e. The lowest BCUT2D eigenvalue weighted by Gasteiger charge is -2.18. The maximum Gasteiger partial charge on any atom is 0.227 e. The Kier molecular flexibility index (Phi) is 3.70. The van der Waals surface area contributed by atoms with E-state index < -0.39 is 0 Å². The van der Waals surface area contributed by atoms with Gasteiger partial charge in [0.1, 0.15) is 5.75 Å². The van der Waals surface area contributed by atoms with Crippen molar-refractivity contribution in [2.24, 2.45) is 5.92 Å². The first-order valence-corrected chi connectivity index (χ1v) is 6.34. The molecule has 0 aromatic heterocycles. The predicted octanol–water partition coefficient (Wildman–Crippen LogP) is 3.30. The second-order valence-corrected chi connectivity index (χ2v) is 4.92. The maximum absolute atomic E-state index is 12.1. The first-order valence-electron chi connectivity index (χ1n) is 6.34. The number of hydrogen-bond acceptors (Lipinski definition) is 2. The molecule has 0 fully saturated rings. The molecular weight excluding hydrogens is 226 g/mol. The predicted molar refractivity (Wildman–Crippen MR) is 72.7 cm³/mol. The van der Waals surface area contributed by atoms with Gasteiger partial charge in [-0.25, -0.2) is 0 Å². The number of carbonyl (C=O) groups excluding carboxylic acids is 1. The third kappa shape index (κ3) is 2.73. The summed E-state index contributed by atoms with van der Waals surface area (Å²) >= 11 is 0. The van der Waals surface area contributed by atoms with Crippen LogP contribution in [0.3, 0.4) is 0 Å². The minimum absolute atomic E-state index is 0.0727. The first-order chi connectivity index (χ1) is 8.58. The van der Waals surface area contributed by atoms with Crippen LogP contribution in [0.1, 0.15) is 30.4 Å². The monoisotopic (exact) mass is 245 g/mol. The molecule has 3 nitrogen and oxygen atoms in total. The Balaban J connectivity index is 2.11. The van der Waals surface area contributed by atoms with Gasteiger partial charge in [0.05, 0.1) is 0 Å². The van der Waals surface area contributed by atoms with Crippen LogP contribution in [0.25, 0.3) is 0 Å². The van der Waals surface area contributed by atoms with Gasteiger partial charge in [0.25, 0.3) is 0 Å². The van der Waals surface area contributed by atoms with Gasteiger partial charge in [0, 0.05) is 11.6 Å². The molecule has 18 heavy (non-hydrogen) atoms. The zero-order chi connectivity index (χ0) is 13.1. The number of aryl methyl sites for hydroxylation is 2. The molecule has 2 rings (SSSR count). The number of hydrogen-bond donors (Lipinski definition) is 2. The normalized spacial score (nSPS) is 18.7. The third-order valence-electron chi connectivity index (χ3n) is 3.44. The minimum atomic E-state index is 0.0727. The van der Waals surface area contributed by atoms with Crippen molar-refractivity contribution in [3.63, 3.8) is 0 Å². The third-order valence-corrected chi connectivity index (χ3v) is 3.44. The molecule has 96 valence electrons. The summed E-state index contributed by atoms with van der Waals surface area (Å²) in [5.41, 5.74) is 2.46. The molecule has 1 unspecified atom stereocenters. The molecule has 1 amide bonds. The number of amides is 1. The number of rotatable bonds is 2. The number of phenolic OH excluding ortho intramolecular Hbond substituents is 1. The Hall–Kier alpha value is -1.77. The summed E-state index contributed by atoms with van der Waals surface area (Å²) in [6, 6.07) is 3.51. The molecule has 0 saturated heterocycles. The molecule has 1 aliphatic rings. The van der Waals surface area contributed by atoms with Crippen molar-refractivity contribution >= 4 is 11.6 Å². The van der Waals surface area contributed by atoms with Crippen LogP contribution in [0.4, 0.5) is 5.69 Å². The summed E-state index contributed by atoms with van der Waals surface area (Å²) in [6.45, 7) is 3.71. The van der Waals surface area contributed by atoms with Crippen LogP contribution in [0.15, 0.2) is 24.3 Å². The van der Waals surface area contributed by atoms with Gasteiger partial charge in [-0.1, -0.05) is 12.2 Å². The fraction of sp³-hybridized carbons (Fsp3) is 0.400. The van der Waals surface area contributed by atoms with E-state index in [1.165, 1.54) is 0 Å². The Morgan fingerprint density at radius 2 is 2.06 bits per heavy atom. The van der Waals surface area contributed by atoms with E-state index in [1.54, 1.807) is 6.07 Å². The van der Waals surface area contributed by atoms with Crippen LogP contribution in [0.2, 0.25) is 0 Å². The topological polar surface area (TPSA) is 49.3 Å². The van der Waals surface area contributed by atoms with Gasteiger partial charge in [-0.2, -0.15) is 0 Å².